The molecule has 0 aromatic rings. The van der Waals surface area contributed by atoms with Crippen LogP contribution < -0.4 is 5.32 Å². The summed E-state index contributed by atoms with van der Waals surface area (Å²) in [4.78, 5) is 38.6. The summed E-state index contributed by atoms with van der Waals surface area (Å²) >= 11 is 0. The zero-order valence-corrected chi connectivity index (χ0v) is 14.5. The van der Waals surface area contributed by atoms with Crippen molar-refractivity contribution in [1.29, 1.82) is 0 Å². The first-order chi connectivity index (χ1) is 11.3. The number of hydrogen-bond acceptors (Lipinski definition) is 6. The van der Waals surface area contributed by atoms with Crippen molar-refractivity contribution in [3.05, 3.63) is 0 Å². The summed E-state index contributed by atoms with van der Waals surface area (Å²) in [7, 11) is -3.07. The lowest BCUT2D eigenvalue weighted by Gasteiger charge is -2.34. The van der Waals surface area contributed by atoms with Crippen molar-refractivity contribution in [2.45, 2.75) is 25.8 Å². The molecule has 2 heterocycles. The molecule has 2 saturated heterocycles. The second-order valence-electron chi connectivity index (χ2n) is 5.91. The third-order valence-corrected chi connectivity index (χ3v) is 5.84. The third kappa shape index (κ3) is 5.08. The highest BCUT2D eigenvalue weighted by Crippen LogP contribution is 2.12. The molecule has 136 valence electrons. The summed E-state index contributed by atoms with van der Waals surface area (Å²) in [6.45, 7) is 3.46. The Bertz CT molecular complexity index is 598. The highest BCUT2D eigenvalue weighted by atomic mass is 32.2. The predicted molar refractivity (Wildman–Crippen MR) is 85.0 cm³/mol. The zero-order chi connectivity index (χ0) is 17.7. The van der Waals surface area contributed by atoms with Crippen LogP contribution in [0.15, 0.2) is 0 Å². The molecule has 1 N–H and O–H groups in total. The number of ether oxygens (including phenoxy) is 1. The number of carbonyl (C=O) groups is 3. The van der Waals surface area contributed by atoms with Crippen molar-refractivity contribution < 1.29 is 27.5 Å². The Hall–Kier alpha value is -1.84. The summed E-state index contributed by atoms with van der Waals surface area (Å²) in [5.41, 5.74) is 0. The smallest absolute Gasteiger partial charge is 0.409 e. The van der Waals surface area contributed by atoms with Crippen molar-refractivity contribution in [2.24, 2.45) is 0 Å². The molecular weight excluding hydrogens is 338 g/mol. The van der Waals surface area contributed by atoms with Crippen LogP contribution in [0.25, 0.3) is 0 Å². The van der Waals surface area contributed by atoms with E-state index in [9.17, 15) is 22.8 Å². The molecule has 2 aliphatic rings. The molecule has 0 spiro atoms. The third-order valence-electron chi connectivity index (χ3n) is 4.07. The van der Waals surface area contributed by atoms with Gasteiger partial charge in [0, 0.05) is 32.2 Å². The number of nitrogens with zero attached hydrogens (tertiary/aromatic N) is 2. The second-order valence-corrected chi connectivity index (χ2v) is 8.14. The highest BCUT2D eigenvalue weighted by molar-refractivity contribution is 7.91. The Balaban J connectivity index is 1.73. The van der Waals surface area contributed by atoms with Gasteiger partial charge in [0.15, 0.2) is 9.84 Å². The fourth-order valence-electron chi connectivity index (χ4n) is 2.79. The van der Waals surface area contributed by atoms with Gasteiger partial charge in [-0.05, 0) is 13.3 Å². The van der Waals surface area contributed by atoms with Crippen molar-refractivity contribution in [2.75, 3.05) is 44.3 Å². The molecule has 1 atom stereocenters. The van der Waals surface area contributed by atoms with Gasteiger partial charge < -0.3 is 19.9 Å². The van der Waals surface area contributed by atoms with Crippen LogP contribution in [0.2, 0.25) is 0 Å². The molecule has 2 aliphatic heterocycles. The lowest BCUT2D eigenvalue weighted by atomic mass is 10.2. The molecule has 0 radical (unpaired) electrons. The van der Waals surface area contributed by atoms with Gasteiger partial charge in [0.25, 0.3) is 0 Å². The topological polar surface area (TPSA) is 113 Å². The lowest BCUT2D eigenvalue weighted by Crippen LogP contribution is -2.51. The average molecular weight is 361 g/mol. The lowest BCUT2D eigenvalue weighted by molar-refractivity contribution is -0.137. The number of hydrogen-bond donors (Lipinski definition) is 1. The van der Waals surface area contributed by atoms with Crippen molar-refractivity contribution in [3.63, 3.8) is 0 Å². The summed E-state index contributed by atoms with van der Waals surface area (Å²) < 4.78 is 27.6. The summed E-state index contributed by atoms with van der Waals surface area (Å²) in [5.74, 6) is -0.779. The molecule has 3 amide bonds. The molecular formula is C14H23N3O6S. The fraction of sp³-hybridized carbons (Fsp3) is 0.786. The van der Waals surface area contributed by atoms with Crippen LogP contribution in [-0.2, 0) is 24.2 Å². The largest absolute Gasteiger partial charge is 0.450 e. The first-order valence-electron chi connectivity index (χ1n) is 8.00. The number of sulfone groups is 1. The van der Waals surface area contributed by atoms with E-state index in [1.54, 1.807) is 6.92 Å². The van der Waals surface area contributed by atoms with Gasteiger partial charge in [0.05, 0.1) is 18.1 Å². The maximum absolute atomic E-state index is 12.1. The molecule has 1 unspecified atom stereocenters. The maximum atomic E-state index is 12.1. The van der Waals surface area contributed by atoms with Gasteiger partial charge >= 0.3 is 6.09 Å². The predicted octanol–water partition coefficient (Wildman–Crippen LogP) is -1.02. The number of rotatable bonds is 4. The molecule has 0 aromatic heterocycles. The molecule has 2 fully saturated rings. The van der Waals surface area contributed by atoms with Gasteiger partial charge in [-0.25, -0.2) is 13.2 Å². The molecule has 2 rings (SSSR count). The van der Waals surface area contributed by atoms with E-state index in [1.165, 1.54) is 9.80 Å². The fourth-order valence-corrected chi connectivity index (χ4v) is 4.46. The SMILES string of the molecule is CCOC(=O)N1CCN(C(=O)CC(=O)NC2CCS(=O)(=O)C2)CC1. The first kappa shape index (κ1) is 18.5. The molecule has 0 aromatic carbocycles. The van der Waals surface area contributed by atoms with Gasteiger partial charge in [0.1, 0.15) is 6.42 Å². The number of piperazine rings is 1. The van der Waals surface area contributed by atoms with E-state index >= 15 is 0 Å². The van der Waals surface area contributed by atoms with Crippen LogP contribution in [-0.4, -0.2) is 86.5 Å². The van der Waals surface area contributed by atoms with Crippen LogP contribution in [0.4, 0.5) is 4.79 Å². The average Bonchev–Trinajstić information content (AvgIpc) is 2.86. The quantitative estimate of drug-likeness (QED) is 0.641. The Morgan fingerprint density at radius 2 is 1.75 bits per heavy atom. The van der Waals surface area contributed by atoms with E-state index in [0.29, 0.717) is 39.2 Å². The molecule has 10 heteroatoms. The second kappa shape index (κ2) is 7.82. The molecule has 0 bridgehead atoms. The Labute approximate surface area is 141 Å². The van der Waals surface area contributed by atoms with Gasteiger partial charge in [-0.1, -0.05) is 0 Å². The standard InChI is InChI=1S/C14H23N3O6S/c1-2-23-14(20)17-6-4-16(5-7-17)13(19)9-12(18)15-11-3-8-24(21,22)10-11/h11H,2-10H2,1H3,(H,15,18). The zero-order valence-electron chi connectivity index (χ0n) is 13.7. The van der Waals surface area contributed by atoms with Gasteiger partial charge in [-0.3, -0.25) is 9.59 Å². The van der Waals surface area contributed by atoms with Crippen LogP contribution >= 0.6 is 0 Å². The van der Waals surface area contributed by atoms with Crippen LogP contribution in [0.1, 0.15) is 19.8 Å². The first-order valence-corrected chi connectivity index (χ1v) is 9.82. The van der Waals surface area contributed by atoms with Crippen molar-refractivity contribution >= 4 is 27.7 Å². The summed E-state index contributed by atoms with van der Waals surface area (Å²) in [5, 5.41) is 2.60. The van der Waals surface area contributed by atoms with E-state index < -0.39 is 27.9 Å². The van der Waals surface area contributed by atoms with E-state index in [0.717, 1.165) is 0 Å². The Kier molecular flexibility index (Phi) is 6.03. The maximum Gasteiger partial charge on any atom is 0.409 e. The Morgan fingerprint density at radius 3 is 2.29 bits per heavy atom. The number of carbonyl (C=O) groups excluding carboxylic acids is 3. The van der Waals surface area contributed by atoms with E-state index in [4.69, 9.17) is 4.74 Å². The minimum absolute atomic E-state index is 0.0643. The normalized spacial score (nSPS) is 23.0. The number of amides is 3. The molecule has 0 saturated carbocycles. The Morgan fingerprint density at radius 1 is 1.12 bits per heavy atom. The van der Waals surface area contributed by atoms with Crippen LogP contribution in [0, 0.1) is 0 Å². The summed E-state index contributed by atoms with van der Waals surface area (Å²) in [6, 6.07) is -0.407. The molecule has 24 heavy (non-hydrogen) atoms. The van der Waals surface area contributed by atoms with Crippen molar-refractivity contribution in [1.82, 2.24) is 15.1 Å². The van der Waals surface area contributed by atoms with E-state index in [2.05, 4.69) is 5.32 Å². The van der Waals surface area contributed by atoms with Crippen LogP contribution in [0.3, 0.4) is 0 Å². The minimum atomic E-state index is -3.07. The number of nitrogens with one attached hydrogen (secondary N) is 1. The highest BCUT2D eigenvalue weighted by Gasteiger charge is 2.30. The molecule has 0 aliphatic carbocycles. The van der Waals surface area contributed by atoms with E-state index in [-0.39, 0.29) is 23.8 Å². The molecule has 9 nitrogen and oxygen atoms in total. The summed E-state index contributed by atoms with van der Waals surface area (Å²) in [6.07, 6.45) is -0.319. The van der Waals surface area contributed by atoms with E-state index in [1.807, 2.05) is 0 Å². The van der Waals surface area contributed by atoms with Gasteiger partial charge in [-0.2, -0.15) is 0 Å². The van der Waals surface area contributed by atoms with Crippen LogP contribution in [0.5, 0.6) is 0 Å². The minimum Gasteiger partial charge on any atom is -0.450 e. The van der Waals surface area contributed by atoms with Crippen molar-refractivity contribution in [3.8, 4) is 0 Å². The monoisotopic (exact) mass is 361 g/mol. The van der Waals surface area contributed by atoms with Gasteiger partial charge in [0.2, 0.25) is 11.8 Å². The van der Waals surface area contributed by atoms with Gasteiger partial charge in [-0.15, -0.1) is 0 Å².